The van der Waals surface area contributed by atoms with Gasteiger partial charge < -0.3 is 15.1 Å². The zero-order chi connectivity index (χ0) is 19.3. The van der Waals surface area contributed by atoms with Gasteiger partial charge in [0.05, 0.1) is 12.4 Å². The summed E-state index contributed by atoms with van der Waals surface area (Å²) in [6, 6.07) is 0. The molecule has 0 saturated carbocycles. The van der Waals surface area contributed by atoms with Crippen LogP contribution in [0.3, 0.4) is 0 Å². The summed E-state index contributed by atoms with van der Waals surface area (Å²) in [5, 5.41) is 2.94. The van der Waals surface area contributed by atoms with E-state index in [1.807, 2.05) is 6.92 Å². The summed E-state index contributed by atoms with van der Waals surface area (Å²) >= 11 is 0. The van der Waals surface area contributed by atoms with Gasteiger partial charge in [0.15, 0.2) is 0 Å². The molecule has 0 fully saturated rings. The normalized spacial score (nSPS) is 19.1. The van der Waals surface area contributed by atoms with E-state index in [1.54, 1.807) is 0 Å². The SMILES string of the molecule is CCCCC(CC)CNCP(=O)(O)OP(=O)(O)CC(CC)CCCC. The maximum absolute atomic E-state index is 12.2. The zero-order valence-corrected chi connectivity index (χ0v) is 18.2. The molecular weight excluding hydrogens is 360 g/mol. The molecule has 4 atom stereocenters. The molecule has 0 aromatic carbocycles. The molecule has 0 saturated heterocycles. The van der Waals surface area contributed by atoms with Crippen molar-refractivity contribution in [3.05, 3.63) is 0 Å². The van der Waals surface area contributed by atoms with Gasteiger partial charge >= 0.3 is 15.2 Å². The molecule has 4 unspecified atom stereocenters. The number of rotatable bonds is 16. The van der Waals surface area contributed by atoms with E-state index in [0.717, 1.165) is 51.4 Å². The predicted molar refractivity (Wildman–Crippen MR) is 105 cm³/mol. The lowest BCUT2D eigenvalue weighted by Gasteiger charge is -2.22. The molecule has 0 aromatic heterocycles. The lowest BCUT2D eigenvalue weighted by Crippen LogP contribution is -2.24. The zero-order valence-electron chi connectivity index (χ0n) is 16.4. The summed E-state index contributed by atoms with van der Waals surface area (Å²) in [6.07, 6.45) is 7.59. The van der Waals surface area contributed by atoms with Gasteiger partial charge in [-0.2, -0.15) is 0 Å². The Kier molecular flexibility index (Phi) is 13.6. The molecule has 0 heterocycles. The van der Waals surface area contributed by atoms with Crippen LogP contribution >= 0.6 is 15.2 Å². The molecule has 0 spiro atoms. The second-order valence-electron chi connectivity index (χ2n) is 6.98. The molecule has 0 aromatic rings. The van der Waals surface area contributed by atoms with Crippen molar-refractivity contribution in [2.45, 2.75) is 79.1 Å². The Bertz CT molecular complexity index is 433. The smallest absolute Gasteiger partial charge is 0.324 e. The van der Waals surface area contributed by atoms with E-state index in [2.05, 4.69) is 26.1 Å². The van der Waals surface area contributed by atoms with Crippen molar-refractivity contribution in [2.75, 3.05) is 19.0 Å². The van der Waals surface area contributed by atoms with Crippen molar-refractivity contribution in [1.29, 1.82) is 0 Å². The standard InChI is InChI=1S/C17H39NO5P2/c1-5-9-11-16(7-3)13-18-15-25(21,22)23-24(19,20)14-17(8-4)12-10-6-2/h16-18H,5-15H2,1-4H3,(H,19,20)(H,21,22). The first-order valence-electron chi connectivity index (χ1n) is 9.75. The van der Waals surface area contributed by atoms with E-state index >= 15 is 0 Å². The fourth-order valence-corrected chi connectivity index (χ4v) is 6.46. The van der Waals surface area contributed by atoms with Crippen LogP contribution in [0.2, 0.25) is 0 Å². The van der Waals surface area contributed by atoms with Crippen LogP contribution in [-0.2, 0) is 13.4 Å². The maximum Gasteiger partial charge on any atom is 0.348 e. The Morgan fingerprint density at radius 3 is 1.88 bits per heavy atom. The molecule has 6 nitrogen and oxygen atoms in total. The van der Waals surface area contributed by atoms with Gasteiger partial charge in [0, 0.05) is 0 Å². The lowest BCUT2D eigenvalue weighted by molar-refractivity contribution is 0.318. The van der Waals surface area contributed by atoms with Crippen LogP contribution in [0.15, 0.2) is 0 Å². The maximum atomic E-state index is 12.2. The summed E-state index contributed by atoms with van der Waals surface area (Å²) in [7, 11) is -8.19. The average molecular weight is 399 g/mol. The van der Waals surface area contributed by atoms with Crippen molar-refractivity contribution in [3.63, 3.8) is 0 Å². The molecule has 0 aliphatic heterocycles. The largest absolute Gasteiger partial charge is 0.348 e. The second-order valence-corrected chi connectivity index (χ2v) is 10.9. The molecule has 25 heavy (non-hydrogen) atoms. The minimum Gasteiger partial charge on any atom is -0.324 e. The molecule has 3 N–H and O–H groups in total. The van der Waals surface area contributed by atoms with Crippen LogP contribution in [-0.4, -0.2) is 28.8 Å². The summed E-state index contributed by atoms with van der Waals surface area (Å²) in [5.41, 5.74) is 0. The minimum atomic E-state index is -4.12. The molecule has 0 aliphatic carbocycles. The highest BCUT2D eigenvalue weighted by Gasteiger charge is 2.33. The van der Waals surface area contributed by atoms with Crippen molar-refractivity contribution in [3.8, 4) is 0 Å². The van der Waals surface area contributed by atoms with Crippen LogP contribution in [0, 0.1) is 11.8 Å². The van der Waals surface area contributed by atoms with Crippen molar-refractivity contribution < 1.29 is 23.2 Å². The van der Waals surface area contributed by atoms with E-state index in [4.69, 9.17) is 4.31 Å². The quantitative estimate of drug-likeness (QED) is 0.303. The molecule has 8 heteroatoms. The fourth-order valence-electron chi connectivity index (χ4n) is 2.86. The van der Waals surface area contributed by atoms with Crippen LogP contribution in [0.4, 0.5) is 0 Å². The van der Waals surface area contributed by atoms with Gasteiger partial charge in [0.25, 0.3) is 0 Å². The average Bonchev–Trinajstić information content (AvgIpc) is 2.53. The minimum absolute atomic E-state index is 0.0438. The van der Waals surface area contributed by atoms with Gasteiger partial charge in [-0.05, 0) is 31.2 Å². The number of nitrogens with one attached hydrogen (secondary N) is 1. The Balaban J connectivity index is 4.42. The highest BCUT2D eigenvalue weighted by Crippen LogP contribution is 2.59. The summed E-state index contributed by atoms with van der Waals surface area (Å²) in [5.74, 6) is 0.488. The third-order valence-electron chi connectivity index (χ3n) is 4.58. The molecule has 0 aliphatic rings. The van der Waals surface area contributed by atoms with Crippen molar-refractivity contribution in [2.24, 2.45) is 11.8 Å². The van der Waals surface area contributed by atoms with Gasteiger partial charge in [-0.1, -0.05) is 66.2 Å². The number of unbranched alkanes of at least 4 members (excludes halogenated alkanes) is 2. The Morgan fingerprint density at radius 2 is 1.40 bits per heavy atom. The van der Waals surface area contributed by atoms with Crippen LogP contribution in [0.5, 0.6) is 0 Å². The molecule has 0 bridgehead atoms. The monoisotopic (exact) mass is 399 g/mol. The van der Waals surface area contributed by atoms with E-state index in [-0.39, 0.29) is 18.4 Å². The Hall–Kier alpha value is 0.300. The van der Waals surface area contributed by atoms with Gasteiger partial charge in [0.1, 0.15) is 0 Å². The fraction of sp³-hybridized carbons (Fsp3) is 1.00. The first-order chi connectivity index (χ1) is 11.7. The summed E-state index contributed by atoms with van der Waals surface area (Å²) < 4.78 is 29.2. The van der Waals surface area contributed by atoms with Gasteiger partial charge in [-0.25, -0.2) is 4.31 Å². The molecule has 0 radical (unpaired) electrons. The molecule has 0 rings (SSSR count). The third kappa shape index (κ3) is 13.2. The molecular formula is C17H39NO5P2. The highest BCUT2D eigenvalue weighted by atomic mass is 31.3. The Morgan fingerprint density at radius 1 is 0.880 bits per heavy atom. The summed E-state index contributed by atoms with van der Waals surface area (Å²) in [4.78, 5) is 19.9. The van der Waals surface area contributed by atoms with Gasteiger partial charge in [-0.15, -0.1) is 0 Å². The van der Waals surface area contributed by atoms with E-state index < -0.39 is 15.2 Å². The first-order valence-corrected chi connectivity index (χ1v) is 13.3. The molecule has 152 valence electrons. The first kappa shape index (κ1) is 25.3. The van der Waals surface area contributed by atoms with Gasteiger partial charge in [-0.3, -0.25) is 9.13 Å². The van der Waals surface area contributed by atoms with Crippen LogP contribution < -0.4 is 5.32 Å². The number of hydrogen-bond acceptors (Lipinski definition) is 4. The van der Waals surface area contributed by atoms with E-state index in [9.17, 15) is 18.9 Å². The number of hydrogen-bond donors (Lipinski definition) is 3. The van der Waals surface area contributed by atoms with Crippen LogP contribution in [0.1, 0.15) is 79.1 Å². The molecule has 0 amide bonds. The second kappa shape index (κ2) is 13.5. The topological polar surface area (TPSA) is 95.9 Å². The van der Waals surface area contributed by atoms with E-state index in [1.165, 1.54) is 0 Å². The predicted octanol–water partition coefficient (Wildman–Crippen LogP) is 5.35. The third-order valence-corrected chi connectivity index (χ3v) is 8.22. The lowest BCUT2D eigenvalue weighted by atomic mass is 10.00. The van der Waals surface area contributed by atoms with Crippen molar-refractivity contribution in [1.82, 2.24) is 5.32 Å². The highest BCUT2D eigenvalue weighted by molar-refractivity contribution is 7.66. The van der Waals surface area contributed by atoms with Gasteiger partial charge in [0.2, 0.25) is 0 Å². The van der Waals surface area contributed by atoms with Crippen LogP contribution in [0.25, 0.3) is 0 Å². The summed E-state index contributed by atoms with van der Waals surface area (Å²) in [6.45, 7) is 8.88. The Labute approximate surface area is 154 Å². The van der Waals surface area contributed by atoms with Crippen molar-refractivity contribution >= 4 is 15.2 Å². The van der Waals surface area contributed by atoms with E-state index in [0.29, 0.717) is 12.5 Å².